The number of aromatic nitrogens is 2. The van der Waals surface area contributed by atoms with Crippen molar-refractivity contribution < 1.29 is 0 Å². The van der Waals surface area contributed by atoms with Crippen molar-refractivity contribution in [3.63, 3.8) is 0 Å². The summed E-state index contributed by atoms with van der Waals surface area (Å²) in [6.45, 7) is 0.875. The molecule has 3 nitrogen and oxygen atoms in total. The molecule has 1 N–H and O–H groups in total. The third kappa shape index (κ3) is 3.18. The second-order valence-corrected chi connectivity index (χ2v) is 7.82. The highest BCUT2D eigenvalue weighted by molar-refractivity contribution is 6.39. The minimum absolute atomic E-state index is 0.533. The second-order valence-electron chi connectivity index (χ2n) is 6.16. The Hall–Kier alpha value is -1.39. The maximum absolute atomic E-state index is 6.46. The van der Waals surface area contributed by atoms with Gasteiger partial charge in [0.25, 0.3) is 0 Å². The molecule has 0 aliphatic carbocycles. The zero-order valence-corrected chi connectivity index (χ0v) is 16.7. The van der Waals surface area contributed by atoms with Gasteiger partial charge >= 0.3 is 0 Å². The molecule has 2 aromatic carbocycles. The molecule has 0 saturated carbocycles. The maximum atomic E-state index is 6.46. The van der Waals surface area contributed by atoms with Gasteiger partial charge in [0.05, 0.1) is 20.8 Å². The Kier molecular flexibility index (Phi) is 5.07. The molecule has 0 saturated heterocycles. The average Bonchev–Trinajstić information content (AvgIpc) is 2.78. The Morgan fingerprint density at radius 3 is 2.42 bits per heavy atom. The van der Waals surface area contributed by atoms with Crippen LogP contribution in [0.4, 0.5) is 5.82 Å². The van der Waals surface area contributed by atoms with Gasteiger partial charge in [0.2, 0.25) is 0 Å². The van der Waals surface area contributed by atoms with Crippen LogP contribution in [-0.4, -0.2) is 16.3 Å². The number of anilines is 1. The predicted octanol–water partition coefficient (Wildman–Crippen LogP) is 6.90. The maximum Gasteiger partial charge on any atom is 0.133 e. The van der Waals surface area contributed by atoms with Gasteiger partial charge in [-0.1, -0.05) is 52.5 Å². The van der Waals surface area contributed by atoms with Crippen molar-refractivity contribution in [1.29, 1.82) is 0 Å². The number of nitrogens with zero attached hydrogens (tertiary/aromatic N) is 2. The fourth-order valence-electron chi connectivity index (χ4n) is 3.25. The number of hydrogen-bond acceptors (Lipinski definition) is 2. The van der Waals surface area contributed by atoms with Gasteiger partial charge in [-0.15, -0.1) is 0 Å². The van der Waals surface area contributed by atoms with Crippen LogP contribution in [0.25, 0.3) is 16.9 Å². The van der Waals surface area contributed by atoms with E-state index >= 15 is 0 Å². The third-order valence-electron chi connectivity index (χ3n) is 4.47. The van der Waals surface area contributed by atoms with Gasteiger partial charge in [-0.3, -0.25) is 0 Å². The molecule has 0 unspecified atom stereocenters. The first-order valence-electron chi connectivity index (χ1n) is 8.32. The lowest BCUT2D eigenvalue weighted by Gasteiger charge is -2.10. The monoisotopic (exact) mass is 425 g/mol. The summed E-state index contributed by atoms with van der Waals surface area (Å²) < 4.78 is 1.83. The second kappa shape index (κ2) is 7.32. The van der Waals surface area contributed by atoms with E-state index in [-0.39, 0.29) is 0 Å². The van der Waals surface area contributed by atoms with E-state index in [9.17, 15) is 0 Å². The highest BCUT2D eigenvalue weighted by Crippen LogP contribution is 2.41. The minimum atomic E-state index is 0.533. The largest absolute Gasteiger partial charge is 0.370 e. The number of rotatable bonds is 2. The summed E-state index contributed by atoms with van der Waals surface area (Å²) in [5.74, 6) is 0.928. The van der Waals surface area contributed by atoms with Gasteiger partial charge in [-0.05, 0) is 49.6 Å². The van der Waals surface area contributed by atoms with E-state index in [1.165, 1.54) is 0 Å². The standard InChI is InChI=1S/C19H15Cl4N3/c20-11-7-8-16(15(23)10-11)26-19-12(4-1-2-9-24-19)18(25-26)17-13(21)5-3-6-14(17)22/h3,5-8,10,24H,1-2,4,9H2. The van der Waals surface area contributed by atoms with Gasteiger partial charge < -0.3 is 5.32 Å². The van der Waals surface area contributed by atoms with Gasteiger partial charge in [-0.2, -0.15) is 5.10 Å². The Morgan fingerprint density at radius 2 is 1.69 bits per heavy atom. The van der Waals surface area contributed by atoms with Gasteiger partial charge in [-0.25, -0.2) is 4.68 Å². The summed E-state index contributed by atoms with van der Waals surface area (Å²) >= 11 is 25.4. The molecule has 0 atom stereocenters. The number of hydrogen-bond donors (Lipinski definition) is 1. The summed E-state index contributed by atoms with van der Waals surface area (Å²) in [4.78, 5) is 0. The van der Waals surface area contributed by atoms with Crippen LogP contribution in [-0.2, 0) is 6.42 Å². The smallest absolute Gasteiger partial charge is 0.133 e. The first-order valence-corrected chi connectivity index (χ1v) is 9.83. The highest BCUT2D eigenvalue weighted by Gasteiger charge is 2.25. The first-order chi connectivity index (χ1) is 12.6. The lowest BCUT2D eigenvalue weighted by Crippen LogP contribution is -2.07. The van der Waals surface area contributed by atoms with Crippen LogP contribution in [0.2, 0.25) is 20.1 Å². The molecule has 3 aromatic rings. The normalized spacial score (nSPS) is 13.8. The Bertz CT molecular complexity index is 961. The van der Waals surface area contributed by atoms with E-state index in [0.29, 0.717) is 20.1 Å². The van der Waals surface area contributed by atoms with Crippen LogP contribution in [0.3, 0.4) is 0 Å². The number of halogens is 4. The lowest BCUT2D eigenvalue weighted by molar-refractivity contribution is 0.780. The van der Waals surface area contributed by atoms with E-state index in [1.807, 2.05) is 28.9 Å². The molecule has 0 amide bonds. The molecule has 26 heavy (non-hydrogen) atoms. The van der Waals surface area contributed by atoms with Crippen LogP contribution < -0.4 is 5.32 Å². The molecule has 0 spiro atoms. The van der Waals surface area contributed by atoms with E-state index in [0.717, 1.165) is 54.1 Å². The molecular weight excluding hydrogens is 412 g/mol. The van der Waals surface area contributed by atoms with Gasteiger partial charge in [0.1, 0.15) is 11.5 Å². The summed E-state index contributed by atoms with van der Waals surface area (Å²) in [7, 11) is 0. The third-order valence-corrected chi connectivity index (χ3v) is 5.63. The van der Waals surface area contributed by atoms with E-state index in [1.54, 1.807) is 12.1 Å². The summed E-state index contributed by atoms with van der Waals surface area (Å²) in [5, 5.41) is 10.6. The summed E-state index contributed by atoms with van der Waals surface area (Å²) in [6.07, 6.45) is 3.04. The molecular formula is C19H15Cl4N3. The van der Waals surface area contributed by atoms with Crippen LogP contribution in [0.1, 0.15) is 18.4 Å². The zero-order chi connectivity index (χ0) is 18.3. The van der Waals surface area contributed by atoms with Crippen molar-refractivity contribution in [3.8, 4) is 16.9 Å². The van der Waals surface area contributed by atoms with E-state index in [2.05, 4.69) is 5.32 Å². The molecule has 0 fully saturated rings. The average molecular weight is 427 g/mol. The van der Waals surface area contributed by atoms with Crippen LogP contribution >= 0.6 is 46.4 Å². The van der Waals surface area contributed by atoms with Gasteiger partial charge in [0.15, 0.2) is 0 Å². The SMILES string of the molecule is Clc1ccc(-n2nc(-c3c(Cl)cccc3Cl)c3c2NCCCC3)c(Cl)c1. The zero-order valence-electron chi connectivity index (χ0n) is 13.7. The molecule has 134 valence electrons. The van der Waals surface area contributed by atoms with E-state index in [4.69, 9.17) is 51.5 Å². The Balaban J connectivity index is 1.98. The van der Waals surface area contributed by atoms with Crippen molar-refractivity contribution in [2.45, 2.75) is 19.3 Å². The molecule has 1 aliphatic rings. The number of nitrogens with one attached hydrogen (secondary N) is 1. The molecule has 0 bridgehead atoms. The lowest BCUT2D eigenvalue weighted by atomic mass is 10.0. The molecule has 1 aromatic heterocycles. The quantitative estimate of drug-likeness (QED) is 0.482. The Morgan fingerprint density at radius 1 is 0.923 bits per heavy atom. The highest BCUT2D eigenvalue weighted by atomic mass is 35.5. The molecule has 4 rings (SSSR count). The van der Waals surface area contributed by atoms with Crippen molar-refractivity contribution in [2.24, 2.45) is 0 Å². The fourth-order valence-corrected chi connectivity index (χ4v) is 4.32. The Labute approximate surface area is 171 Å². The number of fused-ring (bicyclic) bond motifs is 1. The van der Waals surface area contributed by atoms with Crippen molar-refractivity contribution in [3.05, 3.63) is 62.1 Å². The molecule has 7 heteroatoms. The topological polar surface area (TPSA) is 29.9 Å². The summed E-state index contributed by atoms with van der Waals surface area (Å²) in [6, 6.07) is 10.9. The number of benzene rings is 2. The van der Waals surface area contributed by atoms with E-state index < -0.39 is 0 Å². The fraction of sp³-hybridized carbons (Fsp3) is 0.211. The van der Waals surface area contributed by atoms with Crippen LogP contribution in [0.15, 0.2) is 36.4 Å². The van der Waals surface area contributed by atoms with Crippen molar-refractivity contribution >= 4 is 52.2 Å². The van der Waals surface area contributed by atoms with Crippen LogP contribution in [0.5, 0.6) is 0 Å². The minimum Gasteiger partial charge on any atom is -0.370 e. The molecule has 0 radical (unpaired) electrons. The van der Waals surface area contributed by atoms with Crippen molar-refractivity contribution in [1.82, 2.24) is 9.78 Å². The van der Waals surface area contributed by atoms with Crippen molar-refractivity contribution in [2.75, 3.05) is 11.9 Å². The molecule has 2 heterocycles. The summed E-state index contributed by atoms with van der Waals surface area (Å²) in [5.41, 5.74) is 3.40. The van der Waals surface area contributed by atoms with Crippen LogP contribution in [0, 0.1) is 0 Å². The van der Waals surface area contributed by atoms with Gasteiger partial charge in [0, 0.05) is 22.7 Å². The predicted molar refractivity (Wildman–Crippen MR) is 110 cm³/mol. The molecule has 1 aliphatic heterocycles. The first kappa shape index (κ1) is 18.0.